The fourth-order valence-electron chi connectivity index (χ4n) is 2.52. The van der Waals surface area contributed by atoms with E-state index < -0.39 is 0 Å². The first-order valence-electron chi connectivity index (χ1n) is 5.81. The predicted molar refractivity (Wildman–Crippen MR) is 62.5 cm³/mol. The van der Waals surface area contributed by atoms with Crippen LogP contribution in [-0.4, -0.2) is 37.6 Å². The van der Waals surface area contributed by atoms with Gasteiger partial charge in [0.2, 0.25) is 0 Å². The minimum absolute atomic E-state index is 0.416. The Morgan fingerprint density at radius 3 is 2.50 bits per heavy atom. The first-order chi connectivity index (χ1) is 6.40. The van der Waals surface area contributed by atoms with Gasteiger partial charge in [-0.3, -0.25) is 0 Å². The topological polar surface area (TPSA) is 15.3 Å². The molecule has 0 aliphatic carbocycles. The summed E-state index contributed by atoms with van der Waals surface area (Å²) in [6, 6.07) is 0.774. The van der Waals surface area contributed by atoms with Gasteiger partial charge in [-0.2, -0.15) is 0 Å². The molecule has 84 valence electrons. The Bertz CT molecular complexity index is 172. The summed E-state index contributed by atoms with van der Waals surface area (Å²) in [6.45, 7) is 12.9. The van der Waals surface area contributed by atoms with Gasteiger partial charge in [-0.1, -0.05) is 27.7 Å². The SMILES string of the molecule is CC1CNCCC1N(C)CC(C)(C)C. The fourth-order valence-corrected chi connectivity index (χ4v) is 2.52. The Labute approximate surface area is 89.1 Å². The van der Waals surface area contributed by atoms with Gasteiger partial charge in [0.15, 0.2) is 0 Å². The van der Waals surface area contributed by atoms with E-state index in [0.29, 0.717) is 5.41 Å². The maximum absolute atomic E-state index is 3.46. The number of nitrogens with one attached hydrogen (secondary N) is 1. The van der Waals surface area contributed by atoms with Crippen molar-refractivity contribution in [2.24, 2.45) is 11.3 Å². The molecule has 2 nitrogen and oxygen atoms in total. The van der Waals surface area contributed by atoms with E-state index in [1.54, 1.807) is 0 Å². The molecule has 1 saturated heterocycles. The highest BCUT2D eigenvalue weighted by atomic mass is 15.2. The van der Waals surface area contributed by atoms with E-state index in [-0.39, 0.29) is 0 Å². The minimum Gasteiger partial charge on any atom is -0.316 e. The maximum atomic E-state index is 3.46. The van der Waals surface area contributed by atoms with Crippen molar-refractivity contribution < 1.29 is 0 Å². The molecule has 1 heterocycles. The van der Waals surface area contributed by atoms with E-state index in [1.165, 1.54) is 26.1 Å². The lowest BCUT2D eigenvalue weighted by Crippen LogP contribution is -2.49. The zero-order chi connectivity index (χ0) is 10.8. The quantitative estimate of drug-likeness (QED) is 0.730. The van der Waals surface area contributed by atoms with Crippen LogP contribution in [-0.2, 0) is 0 Å². The summed E-state index contributed by atoms with van der Waals surface area (Å²) in [7, 11) is 2.28. The van der Waals surface area contributed by atoms with E-state index in [1.807, 2.05) is 0 Å². The lowest BCUT2D eigenvalue weighted by atomic mass is 9.90. The maximum Gasteiger partial charge on any atom is 0.0142 e. The fraction of sp³-hybridized carbons (Fsp3) is 1.00. The van der Waals surface area contributed by atoms with Crippen molar-refractivity contribution in [1.29, 1.82) is 0 Å². The van der Waals surface area contributed by atoms with E-state index in [2.05, 4.69) is 45.0 Å². The summed E-state index contributed by atoms with van der Waals surface area (Å²) < 4.78 is 0. The van der Waals surface area contributed by atoms with Crippen molar-refractivity contribution in [3.63, 3.8) is 0 Å². The minimum atomic E-state index is 0.416. The van der Waals surface area contributed by atoms with Crippen LogP contribution in [0.15, 0.2) is 0 Å². The smallest absolute Gasteiger partial charge is 0.0142 e. The molecule has 0 saturated carbocycles. The molecular formula is C12H26N2. The van der Waals surface area contributed by atoms with Gasteiger partial charge in [-0.25, -0.2) is 0 Å². The number of hydrogen-bond donors (Lipinski definition) is 1. The summed E-state index contributed by atoms with van der Waals surface area (Å²) in [5, 5.41) is 3.46. The molecule has 0 amide bonds. The van der Waals surface area contributed by atoms with Crippen LogP contribution in [0, 0.1) is 11.3 Å². The van der Waals surface area contributed by atoms with Crippen LogP contribution in [0.25, 0.3) is 0 Å². The molecule has 2 atom stereocenters. The van der Waals surface area contributed by atoms with Crippen LogP contribution in [0.5, 0.6) is 0 Å². The van der Waals surface area contributed by atoms with Crippen molar-refractivity contribution in [3.05, 3.63) is 0 Å². The Morgan fingerprint density at radius 2 is 2.00 bits per heavy atom. The van der Waals surface area contributed by atoms with Gasteiger partial charge in [0.1, 0.15) is 0 Å². The van der Waals surface area contributed by atoms with E-state index in [9.17, 15) is 0 Å². The van der Waals surface area contributed by atoms with Gasteiger partial charge in [0.25, 0.3) is 0 Å². The van der Waals surface area contributed by atoms with Crippen LogP contribution in [0.2, 0.25) is 0 Å². The predicted octanol–water partition coefficient (Wildman–Crippen LogP) is 1.96. The molecule has 1 aliphatic heterocycles. The first kappa shape index (κ1) is 12.0. The number of rotatable bonds is 2. The highest BCUT2D eigenvalue weighted by Crippen LogP contribution is 2.21. The van der Waals surface area contributed by atoms with Gasteiger partial charge >= 0.3 is 0 Å². The Hall–Kier alpha value is -0.0800. The van der Waals surface area contributed by atoms with E-state index in [0.717, 1.165) is 12.0 Å². The molecule has 0 aromatic carbocycles. The van der Waals surface area contributed by atoms with Crippen molar-refractivity contribution >= 4 is 0 Å². The summed E-state index contributed by atoms with van der Waals surface area (Å²) >= 11 is 0. The molecular weight excluding hydrogens is 172 g/mol. The average molecular weight is 198 g/mol. The zero-order valence-electron chi connectivity index (χ0n) is 10.4. The Balaban J connectivity index is 2.46. The van der Waals surface area contributed by atoms with Crippen molar-refractivity contribution in [3.8, 4) is 0 Å². The summed E-state index contributed by atoms with van der Waals surface area (Å²) in [4.78, 5) is 2.55. The molecule has 1 fully saturated rings. The monoisotopic (exact) mass is 198 g/mol. The van der Waals surface area contributed by atoms with E-state index in [4.69, 9.17) is 0 Å². The lowest BCUT2D eigenvalue weighted by Gasteiger charge is -2.39. The molecule has 2 heteroatoms. The van der Waals surface area contributed by atoms with Gasteiger partial charge in [0, 0.05) is 12.6 Å². The standard InChI is InChI=1S/C12H26N2/c1-10-8-13-7-6-11(10)14(5)9-12(2,3)4/h10-11,13H,6-9H2,1-5H3. The van der Waals surface area contributed by atoms with Crippen molar-refractivity contribution in [2.45, 2.75) is 40.2 Å². The molecule has 1 rings (SSSR count). The van der Waals surface area contributed by atoms with E-state index >= 15 is 0 Å². The lowest BCUT2D eigenvalue weighted by molar-refractivity contribution is 0.111. The average Bonchev–Trinajstić information content (AvgIpc) is 2.01. The summed E-state index contributed by atoms with van der Waals surface area (Å²) in [5.41, 5.74) is 0.416. The Morgan fingerprint density at radius 1 is 1.36 bits per heavy atom. The van der Waals surface area contributed by atoms with Crippen LogP contribution in [0.1, 0.15) is 34.1 Å². The number of piperidine rings is 1. The molecule has 0 bridgehead atoms. The number of nitrogens with zero attached hydrogens (tertiary/aromatic N) is 1. The molecule has 2 unspecified atom stereocenters. The van der Waals surface area contributed by atoms with Crippen LogP contribution >= 0.6 is 0 Å². The van der Waals surface area contributed by atoms with Gasteiger partial charge in [-0.05, 0) is 37.9 Å². The third-order valence-corrected chi connectivity index (χ3v) is 3.03. The van der Waals surface area contributed by atoms with Gasteiger partial charge in [0.05, 0.1) is 0 Å². The Kier molecular flexibility index (Phi) is 3.96. The normalized spacial score (nSPS) is 29.6. The first-order valence-corrected chi connectivity index (χ1v) is 5.81. The second-order valence-corrected chi connectivity index (χ2v) is 6.01. The summed E-state index contributed by atoms with van der Waals surface area (Å²) in [5.74, 6) is 0.788. The molecule has 0 radical (unpaired) electrons. The molecule has 0 aromatic heterocycles. The van der Waals surface area contributed by atoms with Crippen LogP contribution in [0.3, 0.4) is 0 Å². The molecule has 14 heavy (non-hydrogen) atoms. The summed E-state index contributed by atoms with van der Waals surface area (Å²) in [6.07, 6.45) is 1.30. The third kappa shape index (κ3) is 3.58. The second-order valence-electron chi connectivity index (χ2n) is 6.01. The molecule has 1 N–H and O–H groups in total. The zero-order valence-corrected chi connectivity index (χ0v) is 10.4. The molecule has 0 aromatic rings. The van der Waals surface area contributed by atoms with Crippen LogP contribution in [0.4, 0.5) is 0 Å². The second kappa shape index (κ2) is 4.63. The van der Waals surface area contributed by atoms with Gasteiger partial charge < -0.3 is 10.2 Å². The highest BCUT2D eigenvalue weighted by molar-refractivity contribution is 4.83. The largest absolute Gasteiger partial charge is 0.316 e. The highest BCUT2D eigenvalue weighted by Gasteiger charge is 2.26. The molecule has 1 aliphatic rings. The van der Waals surface area contributed by atoms with Crippen molar-refractivity contribution in [2.75, 3.05) is 26.7 Å². The number of hydrogen-bond acceptors (Lipinski definition) is 2. The van der Waals surface area contributed by atoms with Gasteiger partial charge in [-0.15, -0.1) is 0 Å². The van der Waals surface area contributed by atoms with Crippen LogP contribution < -0.4 is 5.32 Å². The third-order valence-electron chi connectivity index (χ3n) is 3.03. The van der Waals surface area contributed by atoms with Crippen molar-refractivity contribution in [1.82, 2.24) is 10.2 Å². The molecule has 0 spiro atoms.